The van der Waals surface area contributed by atoms with Gasteiger partial charge in [0.2, 0.25) is 11.7 Å². The maximum Gasteiger partial charge on any atom is 0.227 e. The van der Waals surface area contributed by atoms with E-state index in [2.05, 4.69) is 24.0 Å². The summed E-state index contributed by atoms with van der Waals surface area (Å²) in [5, 5.41) is 4.57. The Kier molecular flexibility index (Phi) is 3.25. The summed E-state index contributed by atoms with van der Waals surface area (Å²) in [4.78, 5) is 4.32. The van der Waals surface area contributed by atoms with Gasteiger partial charge in [0, 0.05) is 12.0 Å². The van der Waals surface area contributed by atoms with Crippen LogP contribution in [0.5, 0.6) is 0 Å². The minimum atomic E-state index is 0.500. The van der Waals surface area contributed by atoms with Gasteiger partial charge in [0.05, 0.1) is 5.02 Å². The summed E-state index contributed by atoms with van der Waals surface area (Å²) in [6.07, 6.45) is 0.789. The molecule has 0 saturated heterocycles. The van der Waals surface area contributed by atoms with Crippen LogP contribution in [-0.2, 0) is 6.42 Å². The molecule has 2 rings (SSSR count). The van der Waals surface area contributed by atoms with E-state index >= 15 is 0 Å². The van der Waals surface area contributed by atoms with E-state index in [1.807, 2.05) is 24.3 Å². The maximum absolute atomic E-state index is 6.05. The van der Waals surface area contributed by atoms with Crippen molar-refractivity contribution in [1.82, 2.24) is 10.1 Å². The highest BCUT2D eigenvalue weighted by molar-refractivity contribution is 6.33. The van der Waals surface area contributed by atoms with E-state index in [0.29, 0.717) is 22.7 Å². The smallest absolute Gasteiger partial charge is 0.227 e. The molecule has 4 heteroatoms. The van der Waals surface area contributed by atoms with Gasteiger partial charge >= 0.3 is 0 Å². The number of halogens is 1. The molecule has 1 heterocycles. The first-order chi connectivity index (χ1) is 7.66. The molecule has 0 fully saturated rings. The van der Waals surface area contributed by atoms with Crippen molar-refractivity contribution in [1.29, 1.82) is 0 Å². The normalized spacial score (nSPS) is 11.0. The van der Waals surface area contributed by atoms with Crippen molar-refractivity contribution < 1.29 is 4.52 Å². The van der Waals surface area contributed by atoms with Crippen molar-refractivity contribution in [2.75, 3.05) is 0 Å². The van der Waals surface area contributed by atoms with E-state index in [0.717, 1.165) is 12.0 Å². The summed E-state index contributed by atoms with van der Waals surface area (Å²) in [6.45, 7) is 4.22. The van der Waals surface area contributed by atoms with Gasteiger partial charge < -0.3 is 4.52 Å². The first-order valence-corrected chi connectivity index (χ1v) is 5.62. The molecular weight excluding hydrogens is 224 g/mol. The molecule has 0 spiro atoms. The highest BCUT2D eigenvalue weighted by Crippen LogP contribution is 2.25. The van der Waals surface area contributed by atoms with Crippen molar-refractivity contribution in [2.24, 2.45) is 5.92 Å². The molecule has 0 unspecified atom stereocenters. The Balaban J connectivity index is 2.28. The van der Waals surface area contributed by atoms with Gasteiger partial charge in [-0.3, -0.25) is 0 Å². The van der Waals surface area contributed by atoms with E-state index in [4.69, 9.17) is 16.1 Å². The number of hydrogen-bond donors (Lipinski definition) is 0. The molecule has 0 amide bonds. The van der Waals surface area contributed by atoms with Crippen molar-refractivity contribution in [3.05, 3.63) is 35.2 Å². The standard InChI is InChI=1S/C12H13ClN2O/c1-8(2)7-11-14-12(15-16-11)9-5-3-4-6-10(9)13/h3-6,8H,7H2,1-2H3. The number of aromatic nitrogens is 2. The van der Waals surface area contributed by atoms with Crippen LogP contribution in [0.2, 0.25) is 5.02 Å². The van der Waals surface area contributed by atoms with Gasteiger partial charge in [-0.2, -0.15) is 4.98 Å². The van der Waals surface area contributed by atoms with Crippen LogP contribution in [0.3, 0.4) is 0 Å². The minimum Gasteiger partial charge on any atom is -0.339 e. The lowest BCUT2D eigenvalue weighted by atomic mass is 10.1. The van der Waals surface area contributed by atoms with Gasteiger partial charge in [0.15, 0.2) is 0 Å². The van der Waals surface area contributed by atoms with Gasteiger partial charge in [0.25, 0.3) is 0 Å². The lowest BCUT2D eigenvalue weighted by Crippen LogP contribution is -1.93. The Labute approximate surface area is 99.4 Å². The molecular formula is C12H13ClN2O. The molecule has 0 aliphatic rings. The first-order valence-electron chi connectivity index (χ1n) is 5.24. The number of nitrogens with zero attached hydrogens (tertiary/aromatic N) is 2. The fourth-order valence-electron chi connectivity index (χ4n) is 1.44. The summed E-state index contributed by atoms with van der Waals surface area (Å²) in [7, 11) is 0. The molecule has 0 bridgehead atoms. The molecule has 0 atom stereocenters. The van der Waals surface area contributed by atoms with E-state index in [1.165, 1.54) is 0 Å². The summed E-state index contributed by atoms with van der Waals surface area (Å²) >= 11 is 6.05. The SMILES string of the molecule is CC(C)Cc1nc(-c2ccccc2Cl)no1. The zero-order valence-corrected chi connectivity index (χ0v) is 10.0. The Morgan fingerprint density at radius 2 is 2.06 bits per heavy atom. The fourth-order valence-corrected chi connectivity index (χ4v) is 1.66. The highest BCUT2D eigenvalue weighted by Gasteiger charge is 2.11. The van der Waals surface area contributed by atoms with Gasteiger partial charge in [-0.1, -0.05) is 42.7 Å². The second kappa shape index (κ2) is 4.66. The minimum absolute atomic E-state index is 0.500. The maximum atomic E-state index is 6.05. The highest BCUT2D eigenvalue weighted by atomic mass is 35.5. The van der Waals surface area contributed by atoms with Crippen LogP contribution < -0.4 is 0 Å². The molecule has 0 aliphatic heterocycles. The van der Waals surface area contributed by atoms with Crippen LogP contribution in [-0.4, -0.2) is 10.1 Å². The molecule has 0 aliphatic carbocycles. The van der Waals surface area contributed by atoms with E-state index < -0.39 is 0 Å². The van der Waals surface area contributed by atoms with E-state index in [1.54, 1.807) is 0 Å². The van der Waals surface area contributed by atoms with Crippen LogP contribution in [0.15, 0.2) is 28.8 Å². The van der Waals surface area contributed by atoms with Crippen LogP contribution in [0.25, 0.3) is 11.4 Å². The van der Waals surface area contributed by atoms with Crippen LogP contribution in [0.4, 0.5) is 0 Å². The fraction of sp³-hybridized carbons (Fsp3) is 0.333. The Morgan fingerprint density at radius 1 is 1.31 bits per heavy atom. The molecule has 1 aromatic carbocycles. The van der Waals surface area contributed by atoms with Gasteiger partial charge in [0.1, 0.15) is 0 Å². The monoisotopic (exact) mass is 236 g/mol. The molecule has 2 aromatic rings. The average Bonchev–Trinajstić information content (AvgIpc) is 2.66. The zero-order chi connectivity index (χ0) is 11.5. The van der Waals surface area contributed by atoms with Crippen LogP contribution in [0.1, 0.15) is 19.7 Å². The van der Waals surface area contributed by atoms with Gasteiger partial charge in [-0.25, -0.2) is 0 Å². The third-order valence-corrected chi connectivity index (χ3v) is 2.50. The Hall–Kier alpha value is -1.35. The lowest BCUT2D eigenvalue weighted by Gasteiger charge is -1.97. The number of hydrogen-bond acceptors (Lipinski definition) is 3. The quantitative estimate of drug-likeness (QED) is 0.818. The second-order valence-electron chi connectivity index (χ2n) is 4.09. The predicted molar refractivity (Wildman–Crippen MR) is 63.3 cm³/mol. The Morgan fingerprint density at radius 3 is 2.75 bits per heavy atom. The number of benzene rings is 1. The van der Waals surface area contributed by atoms with Crippen LogP contribution >= 0.6 is 11.6 Å². The molecule has 84 valence electrons. The van der Waals surface area contributed by atoms with Gasteiger partial charge in [-0.05, 0) is 18.1 Å². The third kappa shape index (κ3) is 2.42. The van der Waals surface area contributed by atoms with Crippen molar-refractivity contribution in [3.8, 4) is 11.4 Å². The third-order valence-electron chi connectivity index (χ3n) is 2.17. The first kappa shape index (κ1) is 11.1. The average molecular weight is 237 g/mol. The molecule has 0 radical (unpaired) electrons. The largest absolute Gasteiger partial charge is 0.339 e. The topological polar surface area (TPSA) is 38.9 Å². The van der Waals surface area contributed by atoms with Crippen molar-refractivity contribution in [2.45, 2.75) is 20.3 Å². The van der Waals surface area contributed by atoms with E-state index in [-0.39, 0.29) is 0 Å². The second-order valence-corrected chi connectivity index (χ2v) is 4.50. The number of rotatable bonds is 3. The van der Waals surface area contributed by atoms with Gasteiger partial charge in [-0.15, -0.1) is 0 Å². The molecule has 16 heavy (non-hydrogen) atoms. The van der Waals surface area contributed by atoms with Crippen LogP contribution in [0, 0.1) is 5.92 Å². The predicted octanol–water partition coefficient (Wildman–Crippen LogP) is 3.59. The van der Waals surface area contributed by atoms with E-state index in [9.17, 15) is 0 Å². The zero-order valence-electron chi connectivity index (χ0n) is 9.27. The summed E-state index contributed by atoms with van der Waals surface area (Å²) in [5.41, 5.74) is 0.808. The molecule has 3 nitrogen and oxygen atoms in total. The summed E-state index contributed by atoms with van der Waals surface area (Å²) in [5.74, 6) is 1.71. The summed E-state index contributed by atoms with van der Waals surface area (Å²) in [6, 6.07) is 7.47. The molecule has 0 saturated carbocycles. The molecule has 0 N–H and O–H groups in total. The van der Waals surface area contributed by atoms with Crippen molar-refractivity contribution >= 4 is 11.6 Å². The molecule has 1 aromatic heterocycles. The lowest BCUT2D eigenvalue weighted by molar-refractivity contribution is 0.363. The van der Waals surface area contributed by atoms with Crippen molar-refractivity contribution in [3.63, 3.8) is 0 Å². The summed E-state index contributed by atoms with van der Waals surface area (Å²) < 4.78 is 5.17. The Bertz CT molecular complexity index is 479.